The number of allylic oxidation sites excluding steroid dienone is 5. The molecule has 0 radical (unpaired) electrons. The predicted octanol–water partition coefficient (Wildman–Crippen LogP) is 3.84. The van der Waals surface area contributed by atoms with Gasteiger partial charge in [-0.1, -0.05) is 30.9 Å². The summed E-state index contributed by atoms with van der Waals surface area (Å²) in [4.78, 5) is 2.14. The molecule has 17 heavy (non-hydrogen) atoms. The number of rotatable bonds is 3. The van der Waals surface area contributed by atoms with Crippen LogP contribution in [0.15, 0.2) is 60.5 Å². The summed E-state index contributed by atoms with van der Waals surface area (Å²) >= 11 is 0. The SMILES string of the molecule is C=C(C)N(C1=CC=CCC1)c1ccccc1N. The lowest BCUT2D eigenvalue weighted by Crippen LogP contribution is -2.21. The molecule has 0 fully saturated rings. The van der Waals surface area contributed by atoms with Crippen molar-refractivity contribution >= 4 is 11.4 Å². The highest BCUT2D eigenvalue weighted by Crippen LogP contribution is 2.31. The Labute approximate surface area is 103 Å². The second-order valence-corrected chi connectivity index (χ2v) is 4.25. The highest BCUT2D eigenvalue weighted by atomic mass is 15.2. The predicted molar refractivity (Wildman–Crippen MR) is 74.6 cm³/mol. The zero-order chi connectivity index (χ0) is 12.3. The molecule has 0 aliphatic heterocycles. The van der Waals surface area contributed by atoms with Crippen LogP contribution in [-0.2, 0) is 0 Å². The Kier molecular flexibility index (Phi) is 3.33. The second-order valence-electron chi connectivity index (χ2n) is 4.25. The van der Waals surface area contributed by atoms with Crippen molar-refractivity contribution in [2.45, 2.75) is 19.8 Å². The first-order valence-electron chi connectivity index (χ1n) is 5.86. The van der Waals surface area contributed by atoms with Gasteiger partial charge in [0.25, 0.3) is 0 Å². The van der Waals surface area contributed by atoms with Crippen LogP contribution < -0.4 is 10.6 Å². The van der Waals surface area contributed by atoms with Gasteiger partial charge >= 0.3 is 0 Å². The molecule has 1 aromatic carbocycles. The van der Waals surface area contributed by atoms with Gasteiger partial charge in [-0.2, -0.15) is 0 Å². The van der Waals surface area contributed by atoms with Crippen LogP contribution in [0.3, 0.4) is 0 Å². The number of nitrogens with zero attached hydrogens (tertiary/aromatic N) is 1. The lowest BCUT2D eigenvalue weighted by molar-refractivity contribution is 0.894. The normalized spacial score (nSPS) is 14.3. The van der Waals surface area contributed by atoms with E-state index in [2.05, 4.69) is 29.7 Å². The molecule has 2 heteroatoms. The minimum Gasteiger partial charge on any atom is -0.397 e. The topological polar surface area (TPSA) is 29.3 Å². The number of para-hydroxylation sites is 2. The zero-order valence-corrected chi connectivity index (χ0v) is 10.2. The van der Waals surface area contributed by atoms with Gasteiger partial charge in [-0.25, -0.2) is 0 Å². The Morgan fingerprint density at radius 3 is 2.71 bits per heavy atom. The number of nitrogen functional groups attached to an aromatic ring is 1. The van der Waals surface area contributed by atoms with E-state index in [1.165, 1.54) is 5.70 Å². The number of anilines is 2. The molecule has 88 valence electrons. The van der Waals surface area contributed by atoms with E-state index in [1.807, 2.05) is 31.2 Å². The van der Waals surface area contributed by atoms with Gasteiger partial charge in [0.05, 0.1) is 11.4 Å². The molecule has 0 unspecified atom stereocenters. The lowest BCUT2D eigenvalue weighted by Gasteiger charge is -2.29. The monoisotopic (exact) mass is 226 g/mol. The van der Waals surface area contributed by atoms with Gasteiger partial charge in [-0.3, -0.25) is 0 Å². The van der Waals surface area contributed by atoms with Gasteiger partial charge in [-0.15, -0.1) is 0 Å². The Morgan fingerprint density at radius 2 is 2.12 bits per heavy atom. The van der Waals surface area contributed by atoms with Crippen LogP contribution in [0.2, 0.25) is 0 Å². The molecule has 0 atom stereocenters. The van der Waals surface area contributed by atoms with Crippen molar-refractivity contribution in [3.8, 4) is 0 Å². The van der Waals surface area contributed by atoms with Crippen molar-refractivity contribution in [1.29, 1.82) is 0 Å². The van der Waals surface area contributed by atoms with Crippen molar-refractivity contribution in [2.75, 3.05) is 10.6 Å². The van der Waals surface area contributed by atoms with E-state index >= 15 is 0 Å². The van der Waals surface area contributed by atoms with Gasteiger partial charge in [0.1, 0.15) is 0 Å². The molecule has 0 spiro atoms. The van der Waals surface area contributed by atoms with E-state index in [-0.39, 0.29) is 0 Å². The third kappa shape index (κ3) is 2.41. The Balaban J connectivity index is 2.43. The summed E-state index contributed by atoms with van der Waals surface area (Å²) in [6.07, 6.45) is 8.49. The van der Waals surface area contributed by atoms with E-state index < -0.39 is 0 Å². The summed E-state index contributed by atoms with van der Waals surface area (Å²) in [5.41, 5.74) is 10.1. The highest BCUT2D eigenvalue weighted by Gasteiger charge is 2.15. The zero-order valence-electron chi connectivity index (χ0n) is 10.2. The summed E-state index contributed by atoms with van der Waals surface area (Å²) in [6, 6.07) is 7.90. The van der Waals surface area contributed by atoms with Crippen LogP contribution in [0, 0.1) is 0 Å². The van der Waals surface area contributed by atoms with Crippen molar-refractivity contribution in [3.63, 3.8) is 0 Å². The molecule has 1 aliphatic rings. The molecule has 0 amide bonds. The van der Waals surface area contributed by atoms with Crippen molar-refractivity contribution < 1.29 is 0 Å². The summed E-state index contributed by atoms with van der Waals surface area (Å²) < 4.78 is 0. The van der Waals surface area contributed by atoms with Crippen LogP contribution in [-0.4, -0.2) is 0 Å². The molecule has 0 aromatic heterocycles. The first-order chi connectivity index (χ1) is 8.20. The number of hydrogen-bond acceptors (Lipinski definition) is 2. The molecule has 0 bridgehead atoms. The molecule has 2 rings (SSSR count). The highest BCUT2D eigenvalue weighted by molar-refractivity contribution is 5.72. The fraction of sp³-hybridized carbons (Fsp3) is 0.200. The van der Waals surface area contributed by atoms with E-state index in [4.69, 9.17) is 5.73 Å². The first kappa shape index (κ1) is 11.5. The number of hydrogen-bond donors (Lipinski definition) is 1. The van der Waals surface area contributed by atoms with Crippen LogP contribution in [0.4, 0.5) is 11.4 Å². The standard InChI is InChI=1S/C15H18N2/c1-12(2)17(13-8-4-3-5-9-13)15-11-7-6-10-14(15)16/h3-4,6-8,10-11H,1,5,9,16H2,2H3. The second kappa shape index (κ2) is 4.91. The van der Waals surface area contributed by atoms with Crippen molar-refractivity contribution in [3.05, 3.63) is 60.5 Å². The first-order valence-corrected chi connectivity index (χ1v) is 5.86. The minimum absolute atomic E-state index is 0.783. The molecule has 2 N–H and O–H groups in total. The number of benzene rings is 1. The average Bonchev–Trinajstić information content (AvgIpc) is 2.33. The smallest absolute Gasteiger partial charge is 0.0685 e. The minimum atomic E-state index is 0.783. The maximum atomic E-state index is 6.04. The third-order valence-electron chi connectivity index (χ3n) is 2.84. The van der Waals surface area contributed by atoms with Crippen LogP contribution in [0.5, 0.6) is 0 Å². The largest absolute Gasteiger partial charge is 0.397 e. The van der Waals surface area contributed by atoms with E-state index in [0.29, 0.717) is 0 Å². The van der Waals surface area contributed by atoms with Crippen molar-refractivity contribution in [2.24, 2.45) is 0 Å². The fourth-order valence-electron chi connectivity index (χ4n) is 2.07. The number of nitrogens with two attached hydrogens (primary N) is 1. The lowest BCUT2D eigenvalue weighted by atomic mass is 10.1. The van der Waals surface area contributed by atoms with Crippen molar-refractivity contribution in [1.82, 2.24) is 0 Å². The Morgan fingerprint density at radius 1 is 1.35 bits per heavy atom. The van der Waals surface area contributed by atoms with Gasteiger partial charge in [0.2, 0.25) is 0 Å². The third-order valence-corrected chi connectivity index (χ3v) is 2.84. The summed E-state index contributed by atoms with van der Waals surface area (Å²) in [6.45, 7) is 6.06. The molecular formula is C15H18N2. The van der Waals surface area contributed by atoms with Gasteiger partial charge in [0.15, 0.2) is 0 Å². The molecule has 1 aromatic rings. The van der Waals surface area contributed by atoms with Gasteiger partial charge in [-0.05, 0) is 38.0 Å². The van der Waals surface area contributed by atoms with E-state index in [0.717, 1.165) is 29.9 Å². The van der Waals surface area contributed by atoms with Gasteiger partial charge < -0.3 is 10.6 Å². The maximum absolute atomic E-state index is 6.04. The van der Waals surface area contributed by atoms with E-state index in [1.54, 1.807) is 0 Å². The summed E-state index contributed by atoms with van der Waals surface area (Å²) in [5, 5.41) is 0. The average molecular weight is 226 g/mol. The fourth-order valence-corrected chi connectivity index (χ4v) is 2.07. The molecule has 2 nitrogen and oxygen atoms in total. The van der Waals surface area contributed by atoms with Crippen LogP contribution in [0.25, 0.3) is 0 Å². The molecule has 1 aliphatic carbocycles. The van der Waals surface area contributed by atoms with E-state index in [9.17, 15) is 0 Å². The van der Waals surface area contributed by atoms with Crippen LogP contribution in [0.1, 0.15) is 19.8 Å². The Bertz CT molecular complexity index is 483. The summed E-state index contributed by atoms with van der Waals surface area (Å²) in [5.74, 6) is 0. The van der Waals surface area contributed by atoms with Crippen LogP contribution >= 0.6 is 0 Å². The Hall–Kier alpha value is -1.96. The maximum Gasteiger partial charge on any atom is 0.0685 e. The summed E-state index contributed by atoms with van der Waals surface area (Å²) in [7, 11) is 0. The molecule has 0 saturated carbocycles. The quantitative estimate of drug-likeness (QED) is 0.793. The molecule has 0 saturated heterocycles. The van der Waals surface area contributed by atoms with Gasteiger partial charge in [0, 0.05) is 11.4 Å². The molecular weight excluding hydrogens is 208 g/mol. The molecule has 0 heterocycles.